The van der Waals surface area contributed by atoms with Gasteiger partial charge < -0.3 is 15.1 Å². The highest BCUT2D eigenvalue weighted by molar-refractivity contribution is 6.35. The molecule has 1 saturated heterocycles. The second kappa shape index (κ2) is 10.3. The summed E-state index contributed by atoms with van der Waals surface area (Å²) in [5.41, 5.74) is 2.55. The number of para-hydroxylation sites is 1. The predicted molar refractivity (Wildman–Crippen MR) is 137 cm³/mol. The molecule has 0 aliphatic carbocycles. The molecule has 0 atom stereocenters. The third-order valence-corrected chi connectivity index (χ3v) is 6.46. The zero-order valence-electron chi connectivity index (χ0n) is 18.8. The normalized spacial score (nSPS) is 13.5. The molecule has 0 bridgehead atoms. The number of nitro groups is 1. The molecule has 0 saturated carbocycles. The van der Waals surface area contributed by atoms with Gasteiger partial charge in [0.1, 0.15) is 0 Å². The van der Waals surface area contributed by atoms with Crippen LogP contribution in [0.2, 0.25) is 10.0 Å². The molecule has 3 aromatic carbocycles. The van der Waals surface area contributed by atoms with Crippen molar-refractivity contribution in [3.8, 4) is 0 Å². The first-order chi connectivity index (χ1) is 16.7. The largest absolute Gasteiger partial charge is 0.365 e. The van der Waals surface area contributed by atoms with Crippen molar-refractivity contribution in [1.29, 1.82) is 0 Å². The van der Waals surface area contributed by atoms with Gasteiger partial charge >= 0.3 is 0 Å². The summed E-state index contributed by atoms with van der Waals surface area (Å²) in [6.45, 7) is 3.98. The lowest BCUT2D eigenvalue weighted by Crippen LogP contribution is -2.49. The SMILES string of the molecule is Cc1ccc(C(=O)N2CCN(c3c(Cl)cccc3NC(=O)c3cc([N+](=O)[O-])ccc3Cl)CC2)cc1. The van der Waals surface area contributed by atoms with Gasteiger partial charge in [-0.3, -0.25) is 19.7 Å². The molecule has 180 valence electrons. The van der Waals surface area contributed by atoms with Crippen LogP contribution >= 0.6 is 23.2 Å². The molecule has 2 amide bonds. The van der Waals surface area contributed by atoms with Crippen molar-refractivity contribution in [2.45, 2.75) is 6.92 Å². The van der Waals surface area contributed by atoms with Gasteiger partial charge in [-0.2, -0.15) is 0 Å². The van der Waals surface area contributed by atoms with Crippen molar-refractivity contribution >= 4 is 52.1 Å². The number of non-ortho nitro benzene ring substituents is 1. The van der Waals surface area contributed by atoms with Crippen LogP contribution < -0.4 is 10.2 Å². The molecule has 1 aliphatic rings. The van der Waals surface area contributed by atoms with Gasteiger partial charge in [0.2, 0.25) is 0 Å². The van der Waals surface area contributed by atoms with Gasteiger partial charge in [-0.05, 0) is 37.3 Å². The molecule has 0 aromatic heterocycles. The summed E-state index contributed by atoms with van der Waals surface area (Å²) in [6.07, 6.45) is 0. The van der Waals surface area contributed by atoms with E-state index in [1.54, 1.807) is 23.1 Å². The van der Waals surface area contributed by atoms with Gasteiger partial charge in [0.05, 0.1) is 31.9 Å². The fraction of sp³-hybridized carbons (Fsp3) is 0.200. The molecule has 10 heteroatoms. The lowest BCUT2D eigenvalue weighted by molar-refractivity contribution is -0.384. The molecule has 1 heterocycles. The summed E-state index contributed by atoms with van der Waals surface area (Å²) < 4.78 is 0. The molecule has 0 unspecified atom stereocenters. The number of carbonyl (C=O) groups excluding carboxylic acids is 2. The van der Waals surface area contributed by atoms with Gasteiger partial charge in [-0.15, -0.1) is 0 Å². The number of benzene rings is 3. The van der Waals surface area contributed by atoms with Crippen molar-refractivity contribution < 1.29 is 14.5 Å². The molecular formula is C25H22Cl2N4O4. The van der Waals surface area contributed by atoms with Crippen LogP contribution in [-0.4, -0.2) is 47.8 Å². The second-order valence-corrected chi connectivity index (χ2v) is 8.97. The first-order valence-corrected chi connectivity index (χ1v) is 11.6. The number of hydrogen-bond donors (Lipinski definition) is 1. The van der Waals surface area contributed by atoms with E-state index < -0.39 is 10.8 Å². The molecule has 1 aliphatic heterocycles. The third kappa shape index (κ3) is 5.39. The van der Waals surface area contributed by atoms with E-state index in [0.717, 1.165) is 11.6 Å². The molecule has 1 fully saturated rings. The van der Waals surface area contributed by atoms with Crippen LogP contribution in [0.4, 0.5) is 17.1 Å². The number of amides is 2. The van der Waals surface area contributed by atoms with E-state index in [-0.39, 0.29) is 22.2 Å². The van der Waals surface area contributed by atoms with Crippen molar-refractivity contribution in [3.05, 3.63) is 97.5 Å². The fourth-order valence-electron chi connectivity index (χ4n) is 3.94. The number of carbonyl (C=O) groups is 2. The van der Waals surface area contributed by atoms with Crippen LogP contribution in [0.25, 0.3) is 0 Å². The molecule has 3 aromatic rings. The highest BCUT2D eigenvalue weighted by Crippen LogP contribution is 2.35. The third-order valence-electron chi connectivity index (χ3n) is 5.82. The molecule has 0 spiro atoms. The monoisotopic (exact) mass is 512 g/mol. The zero-order valence-corrected chi connectivity index (χ0v) is 20.3. The van der Waals surface area contributed by atoms with Crippen LogP contribution in [0.15, 0.2) is 60.7 Å². The highest BCUT2D eigenvalue weighted by Gasteiger charge is 2.26. The molecule has 0 radical (unpaired) electrons. The summed E-state index contributed by atoms with van der Waals surface area (Å²) in [7, 11) is 0. The second-order valence-electron chi connectivity index (χ2n) is 8.16. The van der Waals surface area contributed by atoms with Gasteiger partial charge in [0.15, 0.2) is 0 Å². The highest BCUT2D eigenvalue weighted by atomic mass is 35.5. The summed E-state index contributed by atoms with van der Waals surface area (Å²) in [5.74, 6) is -0.618. The standard InChI is InChI=1S/C25H22Cl2N4O4/c1-16-5-7-17(8-6-16)25(33)30-13-11-29(12-14-30)23-21(27)3-2-4-22(23)28-24(32)19-15-18(31(34)35)9-10-20(19)26/h2-10,15H,11-14H2,1H3,(H,28,32). The average Bonchev–Trinajstić information content (AvgIpc) is 2.84. The number of piperazine rings is 1. The minimum Gasteiger partial charge on any atom is -0.365 e. The van der Waals surface area contributed by atoms with E-state index in [4.69, 9.17) is 23.2 Å². The lowest BCUT2D eigenvalue weighted by atomic mass is 10.1. The first-order valence-electron chi connectivity index (χ1n) is 10.9. The number of nitrogens with zero attached hydrogens (tertiary/aromatic N) is 3. The Kier molecular flexibility index (Phi) is 7.23. The topological polar surface area (TPSA) is 95.8 Å². The quantitative estimate of drug-likeness (QED) is 0.363. The minimum absolute atomic E-state index is 0.0136. The first kappa shape index (κ1) is 24.5. The Labute approximate surface area is 212 Å². The number of nitrogens with one attached hydrogen (secondary N) is 1. The number of aryl methyl sites for hydroxylation is 1. The Hall–Kier alpha value is -3.62. The van der Waals surface area contributed by atoms with Crippen molar-refractivity contribution in [2.75, 3.05) is 36.4 Å². The van der Waals surface area contributed by atoms with Crippen molar-refractivity contribution in [2.24, 2.45) is 0 Å². The van der Waals surface area contributed by atoms with E-state index >= 15 is 0 Å². The predicted octanol–water partition coefficient (Wildman–Crippen LogP) is 5.42. The maximum absolute atomic E-state index is 12.9. The van der Waals surface area contributed by atoms with Gasteiger partial charge in [-0.25, -0.2) is 0 Å². The molecule has 1 N–H and O–H groups in total. The number of hydrogen-bond acceptors (Lipinski definition) is 5. The van der Waals surface area contributed by atoms with Crippen molar-refractivity contribution in [1.82, 2.24) is 4.90 Å². The van der Waals surface area contributed by atoms with Gasteiger partial charge in [-0.1, -0.05) is 47.0 Å². The number of halogens is 2. The van der Waals surface area contributed by atoms with E-state index in [0.29, 0.717) is 48.1 Å². The molecule has 35 heavy (non-hydrogen) atoms. The van der Waals surface area contributed by atoms with Crippen molar-refractivity contribution in [3.63, 3.8) is 0 Å². The van der Waals surface area contributed by atoms with Crippen LogP contribution in [0.3, 0.4) is 0 Å². The molecule has 8 nitrogen and oxygen atoms in total. The minimum atomic E-state index is -0.588. The summed E-state index contributed by atoms with van der Waals surface area (Å²) in [5, 5.41) is 14.4. The summed E-state index contributed by atoms with van der Waals surface area (Å²) in [6, 6.07) is 16.3. The van der Waals surface area contributed by atoms with E-state index in [1.165, 1.54) is 12.1 Å². The van der Waals surface area contributed by atoms with Gasteiger partial charge in [0.25, 0.3) is 17.5 Å². The Morgan fingerprint density at radius 2 is 1.63 bits per heavy atom. The fourth-order valence-corrected chi connectivity index (χ4v) is 4.44. The summed E-state index contributed by atoms with van der Waals surface area (Å²) in [4.78, 5) is 40.1. The lowest BCUT2D eigenvalue weighted by Gasteiger charge is -2.37. The number of rotatable bonds is 5. The van der Waals surface area contributed by atoms with Crippen LogP contribution in [0, 0.1) is 17.0 Å². The Morgan fingerprint density at radius 1 is 0.943 bits per heavy atom. The summed E-state index contributed by atoms with van der Waals surface area (Å²) >= 11 is 12.6. The van der Waals surface area contributed by atoms with E-state index in [9.17, 15) is 19.7 Å². The zero-order chi connectivity index (χ0) is 25.1. The smallest absolute Gasteiger partial charge is 0.270 e. The average molecular weight is 513 g/mol. The van der Waals surface area contributed by atoms with Crippen LogP contribution in [-0.2, 0) is 0 Å². The Morgan fingerprint density at radius 3 is 2.29 bits per heavy atom. The maximum Gasteiger partial charge on any atom is 0.270 e. The molecule has 4 rings (SSSR count). The van der Waals surface area contributed by atoms with Crippen LogP contribution in [0.1, 0.15) is 26.3 Å². The van der Waals surface area contributed by atoms with E-state index in [2.05, 4.69) is 5.32 Å². The molecular weight excluding hydrogens is 491 g/mol. The van der Waals surface area contributed by atoms with Crippen LogP contribution in [0.5, 0.6) is 0 Å². The Balaban J connectivity index is 1.51. The van der Waals surface area contributed by atoms with Gasteiger partial charge in [0, 0.05) is 43.9 Å². The Bertz CT molecular complexity index is 1290. The number of nitro benzene ring substituents is 1. The number of anilines is 2. The maximum atomic E-state index is 12.9. The van der Waals surface area contributed by atoms with E-state index in [1.807, 2.05) is 36.1 Å².